The van der Waals surface area contributed by atoms with Gasteiger partial charge in [0, 0.05) is 27.7 Å². The van der Waals surface area contributed by atoms with E-state index in [-0.39, 0.29) is 30.5 Å². The van der Waals surface area contributed by atoms with Crippen molar-refractivity contribution in [2.45, 2.75) is 13.2 Å². The number of rotatable bonds is 8. The summed E-state index contributed by atoms with van der Waals surface area (Å²) in [5.41, 5.74) is 1.88. The number of carbonyl (C=O) groups excluding carboxylic acids is 2. The maximum atomic E-state index is 13.1. The molecule has 200 valence electrons. The molecule has 3 aromatic rings. The summed E-state index contributed by atoms with van der Waals surface area (Å²) in [7, 11) is 1.48. The van der Waals surface area contributed by atoms with Crippen molar-refractivity contribution in [1.29, 1.82) is 0 Å². The first-order valence-electron chi connectivity index (χ1n) is 11.3. The minimum Gasteiger partial charge on any atom is -0.493 e. The average molecular weight is 634 g/mol. The summed E-state index contributed by atoms with van der Waals surface area (Å²) in [5.74, 6) is 1.38. The van der Waals surface area contributed by atoms with Gasteiger partial charge >= 0.3 is 0 Å². The van der Waals surface area contributed by atoms with Gasteiger partial charge in [0.25, 0.3) is 16.8 Å². The van der Waals surface area contributed by atoms with Gasteiger partial charge in [-0.15, -0.1) is 0 Å². The Morgan fingerprint density at radius 3 is 2.54 bits per heavy atom. The number of non-ortho nitro benzene ring substituents is 1. The van der Waals surface area contributed by atoms with Gasteiger partial charge < -0.3 is 18.9 Å². The third kappa shape index (κ3) is 5.68. The molecule has 2 heterocycles. The predicted molar refractivity (Wildman–Crippen MR) is 147 cm³/mol. The van der Waals surface area contributed by atoms with Crippen molar-refractivity contribution >= 4 is 62.2 Å². The molecule has 10 nitrogen and oxygen atoms in total. The molecule has 0 spiro atoms. The van der Waals surface area contributed by atoms with E-state index in [1.807, 2.05) is 0 Å². The number of thioether (sulfide) groups is 1. The van der Waals surface area contributed by atoms with Gasteiger partial charge in [0.2, 0.25) is 6.79 Å². The summed E-state index contributed by atoms with van der Waals surface area (Å²) in [6.45, 7) is 0.220. The van der Waals surface area contributed by atoms with Crippen LogP contribution in [0.5, 0.6) is 23.0 Å². The Kier molecular flexibility index (Phi) is 7.69. The zero-order valence-electron chi connectivity index (χ0n) is 20.1. The van der Waals surface area contributed by atoms with E-state index < -0.39 is 16.1 Å². The fourth-order valence-corrected chi connectivity index (χ4v) is 5.32. The van der Waals surface area contributed by atoms with Gasteiger partial charge in [-0.25, -0.2) is 0 Å². The van der Waals surface area contributed by atoms with Crippen molar-refractivity contribution in [3.05, 3.63) is 89.7 Å². The van der Waals surface area contributed by atoms with E-state index in [1.165, 1.54) is 19.2 Å². The monoisotopic (exact) mass is 632 g/mol. The van der Waals surface area contributed by atoms with E-state index in [0.717, 1.165) is 22.2 Å². The van der Waals surface area contributed by atoms with E-state index in [2.05, 4.69) is 15.9 Å². The first-order chi connectivity index (χ1) is 18.7. The van der Waals surface area contributed by atoms with Crippen LogP contribution >= 0.6 is 39.3 Å². The molecule has 0 radical (unpaired) electrons. The minimum atomic E-state index is -0.468. The largest absolute Gasteiger partial charge is 0.493 e. The number of carbonyl (C=O) groups is 2. The second-order valence-corrected chi connectivity index (χ2v) is 10.6. The number of hydrogen-bond acceptors (Lipinski definition) is 9. The number of halogens is 2. The third-order valence-electron chi connectivity index (χ3n) is 5.85. The molecule has 5 rings (SSSR count). The summed E-state index contributed by atoms with van der Waals surface area (Å²) in [5, 5.41) is 10.8. The average Bonchev–Trinajstić information content (AvgIpc) is 3.47. The lowest BCUT2D eigenvalue weighted by Crippen LogP contribution is -2.27. The summed E-state index contributed by atoms with van der Waals surface area (Å²) >= 11 is 10.7. The molecule has 0 bridgehead atoms. The Balaban J connectivity index is 1.32. The Hall–Kier alpha value is -3.74. The molecule has 0 atom stereocenters. The minimum absolute atomic E-state index is 0.00756. The number of amides is 2. The fraction of sp³-hybridized carbons (Fsp3) is 0.154. The molecule has 0 N–H and O–H groups in total. The van der Waals surface area contributed by atoms with E-state index in [9.17, 15) is 19.7 Å². The predicted octanol–water partition coefficient (Wildman–Crippen LogP) is 6.56. The van der Waals surface area contributed by atoms with Gasteiger partial charge in [-0.3, -0.25) is 24.6 Å². The molecule has 1 fully saturated rings. The first-order valence-corrected chi connectivity index (χ1v) is 13.3. The lowest BCUT2D eigenvalue weighted by molar-refractivity contribution is -0.384. The topological polar surface area (TPSA) is 117 Å². The number of benzene rings is 3. The zero-order valence-corrected chi connectivity index (χ0v) is 23.3. The van der Waals surface area contributed by atoms with Crippen LogP contribution in [0.4, 0.5) is 10.5 Å². The van der Waals surface area contributed by atoms with Crippen molar-refractivity contribution in [3.8, 4) is 23.0 Å². The lowest BCUT2D eigenvalue weighted by Gasteiger charge is -2.14. The zero-order chi connectivity index (χ0) is 27.7. The Morgan fingerprint density at radius 2 is 1.85 bits per heavy atom. The van der Waals surface area contributed by atoms with E-state index in [4.69, 9.17) is 30.5 Å². The summed E-state index contributed by atoms with van der Waals surface area (Å²) < 4.78 is 22.6. The number of nitro groups is 1. The van der Waals surface area contributed by atoms with Crippen molar-refractivity contribution < 1.29 is 33.5 Å². The number of nitrogens with zero attached hydrogens (tertiary/aromatic N) is 2. The first kappa shape index (κ1) is 26.9. The van der Waals surface area contributed by atoms with Crippen LogP contribution in [0.25, 0.3) is 6.08 Å². The molecular weight excluding hydrogens is 616 g/mol. The van der Waals surface area contributed by atoms with Crippen LogP contribution in [0.2, 0.25) is 5.02 Å². The normalized spacial score (nSPS) is 15.3. The van der Waals surface area contributed by atoms with Gasteiger partial charge in [-0.2, -0.15) is 0 Å². The SMILES string of the molecule is COc1cc(/C=C2/SC(=O)N(Cc3cc4c(cc3Cl)OCO4)C2=O)c(Br)cc1OCc1ccc([N+](=O)[O-])cc1. The molecule has 0 unspecified atom stereocenters. The van der Waals surface area contributed by atoms with Crippen molar-refractivity contribution in [3.63, 3.8) is 0 Å². The van der Waals surface area contributed by atoms with Gasteiger partial charge in [-0.05, 0) is 64.9 Å². The third-order valence-corrected chi connectivity index (χ3v) is 7.80. The summed E-state index contributed by atoms with van der Waals surface area (Å²) in [6, 6.07) is 12.7. The number of fused-ring (bicyclic) bond motifs is 1. The molecule has 13 heteroatoms. The van der Waals surface area contributed by atoms with Crippen LogP contribution < -0.4 is 18.9 Å². The van der Waals surface area contributed by atoms with E-state index in [0.29, 0.717) is 43.6 Å². The highest BCUT2D eigenvalue weighted by Crippen LogP contribution is 2.41. The van der Waals surface area contributed by atoms with E-state index >= 15 is 0 Å². The number of imide groups is 1. The molecule has 3 aromatic carbocycles. The standard InChI is InChI=1S/C26H18BrClN2O8S/c1-35-20-6-15(18(27)9-22(20)36-12-14-2-4-17(5-3-14)30(33)34)8-24-25(31)29(26(32)39-24)11-16-7-21-23(10-19(16)28)38-13-37-21/h2-10H,11-13H2,1H3/b24-8+. The number of hydrogen-bond donors (Lipinski definition) is 0. The summed E-state index contributed by atoms with van der Waals surface area (Å²) in [6.07, 6.45) is 1.60. The van der Waals surface area contributed by atoms with E-state index in [1.54, 1.807) is 42.5 Å². The Labute approximate surface area is 239 Å². The molecule has 2 aliphatic rings. The second-order valence-electron chi connectivity index (χ2n) is 8.30. The van der Waals surface area contributed by atoms with Gasteiger partial charge in [0.05, 0.1) is 23.5 Å². The van der Waals surface area contributed by atoms with Gasteiger partial charge in [0.15, 0.2) is 23.0 Å². The number of methoxy groups -OCH3 is 1. The molecule has 0 aromatic heterocycles. The maximum absolute atomic E-state index is 13.1. The van der Waals surface area contributed by atoms with Crippen molar-refractivity contribution in [1.82, 2.24) is 4.90 Å². The maximum Gasteiger partial charge on any atom is 0.293 e. The molecule has 2 amide bonds. The Bertz CT molecular complexity index is 1530. The number of ether oxygens (including phenoxy) is 4. The lowest BCUT2D eigenvalue weighted by atomic mass is 10.1. The highest BCUT2D eigenvalue weighted by atomic mass is 79.9. The highest BCUT2D eigenvalue weighted by Gasteiger charge is 2.36. The highest BCUT2D eigenvalue weighted by molar-refractivity contribution is 9.10. The molecule has 39 heavy (non-hydrogen) atoms. The van der Waals surface area contributed by atoms with Crippen molar-refractivity contribution in [2.75, 3.05) is 13.9 Å². The Morgan fingerprint density at radius 1 is 1.13 bits per heavy atom. The fourth-order valence-electron chi connectivity index (χ4n) is 3.84. The molecular formula is C26H18BrClN2O8S. The smallest absolute Gasteiger partial charge is 0.293 e. The van der Waals surface area contributed by atoms with Gasteiger partial charge in [0.1, 0.15) is 6.61 Å². The number of nitro benzene ring substituents is 1. The van der Waals surface area contributed by atoms with Crippen LogP contribution in [0.15, 0.2) is 57.9 Å². The quantitative estimate of drug-likeness (QED) is 0.154. The van der Waals surface area contributed by atoms with Crippen LogP contribution in [-0.2, 0) is 17.9 Å². The second kappa shape index (κ2) is 11.2. The molecule has 1 saturated heterocycles. The van der Waals surface area contributed by atoms with Crippen LogP contribution in [0.1, 0.15) is 16.7 Å². The van der Waals surface area contributed by atoms with Crippen LogP contribution in [0, 0.1) is 10.1 Å². The van der Waals surface area contributed by atoms with Crippen molar-refractivity contribution in [2.24, 2.45) is 0 Å². The van der Waals surface area contributed by atoms with Gasteiger partial charge in [-0.1, -0.05) is 27.5 Å². The molecule has 0 aliphatic carbocycles. The molecule has 0 saturated carbocycles. The van der Waals surface area contributed by atoms with Crippen LogP contribution in [0.3, 0.4) is 0 Å². The molecule has 2 aliphatic heterocycles. The van der Waals surface area contributed by atoms with Crippen LogP contribution in [-0.4, -0.2) is 34.9 Å². The summed E-state index contributed by atoms with van der Waals surface area (Å²) in [4.78, 5) is 37.6.